The maximum absolute atomic E-state index is 7.68. The molecule has 1 heterocycles. The van der Waals surface area contributed by atoms with Crippen LogP contribution in [0.1, 0.15) is 19.8 Å². The van der Waals surface area contributed by atoms with Crippen LogP contribution in [-0.4, -0.2) is 35.5 Å². The summed E-state index contributed by atoms with van der Waals surface area (Å²) < 4.78 is 0. The second kappa shape index (κ2) is 4.04. The lowest BCUT2D eigenvalue weighted by Crippen LogP contribution is -2.39. The molecule has 0 atom stereocenters. The molecule has 0 saturated carbocycles. The summed E-state index contributed by atoms with van der Waals surface area (Å²) in [7, 11) is 0. The molecular weight excluding hydrogens is 154 g/mol. The molecule has 1 aliphatic heterocycles. The Bertz CT molecular complexity index is 173. The smallest absolute Gasteiger partial charge is 0.215 e. The van der Waals surface area contributed by atoms with Gasteiger partial charge in [0, 0.05) is 19.6 Å². The van der Waals surface area contributed by atoms with E-state index in [4.69, 9.17) is 10.9 Å². The van der Waals surface area contributed by atoms with Gasteiger partial charge in [0.15, 0.2) is 0 Å². The molecule has 0 amide bonds. The van der Waals surface area contributed by atoms with Crippen molar-refractivity contribution in [2.75, 3.05) is 19.6 Å². The number of rotatable bonds is 2. The van der Waals surface area contributed by atoms with E-state index >= 15 is 0 Å². The standard InChI is InChI=1S/C7H15N5/c1-2-12(10-9)7(8)11-5-3-4-6-11/h8-9H,2-6H2,1H3. The normalized spacial score (nSPS) is 16.2. The topological polar surface area (TPSA) is 66.5 Å². The van der Waals surface area contributed by atoms with E-state index in [0.717, 1.165) is 25.9 Å². The molecule has 1 aliphatic rings. The molecule has 0 aromatic heterocycles. The third-order valence-electron chi connectivity index (χ3n) is 2.07. The Kier molecular flexibility index (Phi) is 3.01. The van der Waals surface area contributed by atoms with Crippen molar-refractivity contribution < 1.29 is 0 Å². The van der Waals surface area contributed by atoms with Crippen LogP contribution >= 0.6 is 0 Å². The van der Waals surface area contributed by atoms with Crippen LogP contribution in [0.4, 0.5) is 0 Å². The molecule has 0 aliphatic carbocycles. The molecule has 0 radical (unpaired) electrons. The van der Waals surface area contributed by atoms with Crippen molar-refractivity contribution in [2.24, 2.45) is 5.22 Å². The molecule has 1 fully saturated rings. The van der Waals surface area contributed by atoms with Crippen molar-refractivity contribution in [3.05, 3.63) is 0 Å². The van der Waals surface area contributed by atoms with Gasteiger partial charge in [-0.2, -0.15) is 5.53 Å². The fraction of sp³-hybridized carbons (Fsp3) is 0.857. The van der Waals surface area contributed by atoms with Gasteiger partial charge in [0.2, 0.25) is 5.96 Å². The third-order valence-corrected chi connectivity index (χ3v) is 2.07. The number of hydrogen-bond donors (Lipinski definition) is 2. The van der Waals surface area contributed by atoms with Crippen LogP contribution in [0.5, 0.6) is 0 Å². The van der Waals surface area contributed by atoms with Crippen LogP contribution in [0, 0.1) is 10.9 Å². The molecule has 5 heteroatoms. The van der Waals surface area contributed by atoms with Crippen molar-refractivity contribution >= 4 is 5.96 Å². The van der Waals surface area contributed by atoms with Crippen molar-refractivity contribution in [2.45, 2.75) is 19.8 Å². The lowest BCUT2D eigenvalue weighted by Gasteiger charge is -2.24. The lowest BCUT2D eigenvalue weighted by molar-refractivity contribution is 0.344. The first-order chi connectivity index (χ1) is 5.79. The minimum Gasteiger partial charge on any atom is -0.342 e. The Balaban J connectivity index is 2.49. The van der Waals surface area contributed by atoms with E-state index in [0.29, 0.717) is 12.5 Å². The average Bonchev–Trinajstić information content (AvgIpc) is 2.58. The summed E-state index contributed by atoms with van der Waals surface area (Å²) in [5.74, 6) is 0.366. The van der Waals surface area contributed by atoms with Gasteiger partial charge in [0.05, 0.1) is 0 Å². The Labute approximate surface area is 72.3 Å². The summed E-state index contributed by atoms with van der Waals surface area (Å²) in [4.78, 5) is 1.96. The van der Waals surface area contributed by atoms with E-state index in [1.165, 1.54) is 5.01 Å². The third kappa shape index (κ3) is 1.72. The Hall–Kier alpha value is -1.13. The fourth-order valence-electron chi connectivity index (χ4n) is 1.36. The first-order valence-electron chi connectivity index (χ1n) is 4.28. The highest BCUT2D eigenvalue weighted by Crippen LogP contribution is 2.09. The highest BCUT2D eigenvalue weighted by molar-refractivity contribution is 5.76. The van der Waals surface area contributed by atoms with E-state index in [2.05, 4.69) is 5.22 Å². The minimum absolute atomic E-state index is 0.366. The van der Waals surface area contributed by atoms with E-state index in [-0.39, 0.29) is 0 Å². The number of guanidine groups is 1. The molecule has 0 aromatic carbocycles. The summed E-state index contributed by atoms with van der Waals surface area (Å²) in [6, 6.07) is 0. The average molecular weight is 169 g/mol. The van der Waals surface area contributed by atoms with Crippen LogP contribution in [0.15, 0.2) is 5.22 Å². The zero-order valence-corrected chi connectivity index (χ0v) is 7.38. The van der Waals surface area contributed by atoms with E-state index in [9.17, 15) is 0 Å². The minimum atomic E-state index is 0.366. The quantitative estimate of drug-likeness (QED) is 0.283. The number of nitrogens with one attached hydrogen (secondary N) is 2. The summed E-state index contributed by atoms with van der Waals surface area (Å²) in [5, 5.41) is 12.3. The molecule has 68 valence electrons. The molecule has 0 bridgehead atoms. The Morgan fingerprint density at radius 3 is 2.50 bits per heavy atom. The van der Waals surface area contributed by atoms with Gasteiger partial charge in [-0.15, -0.1) is 0 Å². The van der Waals surface area contributed by atoms with Crippen molar-refractivity contribution in [1.29, 1.82) is 10.9 Å². The van der Waals surface area contributed by atoms with Gasteiger partial charge in [-0.05, 0) is 19.8 Å². The predicted molar refractivity (Wildman–Crippen MR) is 46.1 cm³/mol. The van der Waals surface area contributed by atoms with Gasteiger partial charge >= 0.3 is 0 Å². The van der Waals surface area contributed by atoms with Gasteiger partial charge in [-0.3, -0.25) is 5.41 Å². The number of nitrogens with zero attached hydrogens (tertiary/aromatic N) is 3. The second-order valence-electron chi connectivity index (χ2n) is 2.83. The molecule has 1 saturated heterocycles. The predicted octanol–water partition coefficient (Wildman–Crippen LogP) is 1.28. The van der Waals surface area contributed by atoms with Crippen molar-refractivity contribution in [1.82, 2.24) is 9.91 Å². The molecule has 5 nitrogen and oxygen atoms in total. The van der Waals surface area contributed by atoms with E-state index in [1.54, 1.807) is 0 Å². The Morgan fingerprint density at radius 1 is 1.50 bits per heavy atom. The fourth-order valence-corrected chi connectivity index (χ4v) is 1.36. The maximum atomic E-state index is 7.68. The first-order valence-corrected chi connectivity index (χ1v) is 4.28. The van der Waals surface area contributed by atoms with Crippen LogP contribution in [0.3, 0.4) is 0 Å². The van der Waals surface area contributed by atoms with Crippen molar-refractivity contribution in [3.63, 3.8) is 0 Å². The summed E-state index contributed by atoms with van der Waals surface area (Å²) in [6.45, 7) is 4.36. The molecule has 1 rings (SSSR count). The van der Waals surface area contributed by atoms with Crippen LogP contribution in [0.2, 0.25) is 0 Å². The molecule has 12 heavy (non-hydrogen) atoms. The zero-order chi connectivity index (χ0) is 8.97. The molecular formula is C7H15N5. The van der Waals surface area contributed by atoms with Gasteiger partial charge in [0.1, 0.15) is 0 Å². The SMILES string of the molecule is CCN(N=N)C(=N)N1CCCC1. The largest absolute Gasteiger partial charge is 0.342 e. The zero-order valence-electron chi connectivity index (χ0n) is 7.38. The maximum Gasteiger partial charge on any atom is 0.215 e. The summed E-state index contributed by atoms with van der Waals surface area (Å²) in [6.07, 6.45) is 2.30. The molecule has 2 N–H and O–H groups in total. The van der Waals surface area contributed by atoms with Gasteiger partial charge < -0.3 is 4.90 Å². The molecule has 0 unspecified atom stereocenters. The van der Waals surface area contributed by atoms with E-state index < -0.39 is 0 Å². The van der Waals surface area contributed by atoms with Crippen LogP contribution in [0.25, 0.3) is 0 Å². The number of hydrogen-bond acceptors (Lipinski definition) is 3. The monoisotopic (exact) mass is 169 g/mol. The van der Waals surface area contributed by atoms with Gasteiger partial charge in [0.25, 0.3) is 0 Å². The lowest BCUT2D eigenvalue weighted by atomic mass is 10.4. The van der Waals surface area contributed by atoms with Gasteiger partial charge in [-0.25, -0.2) is 5.01 Å². The van der Waals surface area contributed by atoms with Crippen molar-refractivity contribution in [3.8, 4) is 0 Å². The Morgan fingerprint density at radius 2 is 2.08 bits per heavy atom. The second-order valence-corrected chi connectivity index (χ2v) is 2.83. The summed E-state index contributed by atoms with van der Waals surface area (Å²) in [5.41, 5.74) is 6.84. The summed E-state index contributed by atoms with van der Waals surface area (Å²) >= 11 is 0. The van der Waals surface area contributed by atoms with Crippen LogP contribution < -0.4 is 0 Å². The molecule has 0 spiro atoms. The van der Waals surface area contributed by atoms with Crippen LogP contribution in [-0.2, 0) is 0 Å². The van der Waals surface area contributed by atoms with E-state index in [1.807, 2.05) is 11.8 Å². The highest BCUT2D eigenvalue weighted by atomic mass is 15.6. The van der Waals surface area contributed by atoms with Gasteiger partial charge in [-0.1, -0.05) is 5.22 Å². The highest BCUT2D eigenvalue weighted by Gasteiger charge is 2.18. The first kappa shape index (κ1) is 8.96. The number of likely N-dealkylation sites (tertiary alicyclic amines) is 1. The molecule has 0 aromatic rings.